The van der Waals surface area contributed by atoms with E-state index in [4.69, 9.17) is 17.3 Å². The highest BCUT2D eigenvalue weighted by Gasteiger charge is 2.03. The van der Waals surface area contributed by atoms with E-state index in [9.17, 15) is 4.39 Å². The predicted molar refractivity (Wildman–Crippen MR) is 48.8 cm³/mol. The molecule has 2 nitrogen and oxygen atoms in total. The molecule has 12 heavy (non-hydrogen) atoms. The van der Waals surface area contributed by atoms with Crippen molar-refractivity contribution in [3.8, 4) is 0 Å². The summed E-state index contributed by atoms with van der Waals surface area (Å²) in [5.74, 6) is -0.282. The minimum absolute atomic E-state index is 0.238. The summed E-state index contributed by atoms with van der Waals surface area (Å²) in [6.07, 6.45) is 0. The summed E-state index contributed by atoms with van der Waals surface area (Å²) >= 11 is 5.80. The number of aryl methyl sites for hydroxylation is 1. The van der Waals surface area contributed by atoms with E-state index in [1.807, 2.05) is 0 Å². The van der Waals surface area contributed by atoms with Crippen molar-refractivity contribution < 1.29 is 4.39 Å². The first kappa shape index (κ1) is 9.29. The quantitative estimate of drug-likeness (QED) is 0.698. The van der Waals surface area contributed by atoms with Gasteiger partial charge in [0.1, 0.15) is 5.82 Å². The maximum atomic E-state index is 12.9. The van der Waals surface area contributed by atoms with Crippen LogP contribution in [0.5, 0.6) is 0 Å². The van der Waals surface area contributed by atoms with Gasteiger partial charge in [-0.2, -0.15) is 0 Å². The van der Waals surface area contributed by atoms with Crippen molar-refractivity contribution in [3.63, 3.8) is 0 Å². The normalized spacial score (nSPS) is 10.0. The third-order valence-electron chi connectivity index (χ3n) is 1.54. The zero-order valence-electron chi connectivity index (χ0n) is 6.70. The fourth-order valence-electron chi connectivity index (χ4n) is 0.892. The van der Waals surface area contributed by atoms with Crippen LogP contribution in [0.1, 0.15) is 5.56 Å². The highest BCUT2D eigenvalue weighted by molar-refractivity contribution is 6.33. The van der Waals surface area contributed by atoms with Gasteiger partial charge in [0, 0.05) is 0 Å². The average Bonchev–Trinajstić information content (AvgIpc) is 2.01. The van der Waals surface area contributed by atoms with Gasteiger partial charge in [0.05, 0.1) is 17.4 Å². The molecule has 0 aliphatic heterocycles. The molecule has 4 heteroatoms. The fraction of sp³-hybridized carbons (Fsp3) is 0.250. The number of nitrogens with one attached hydrogen (secondary N) is 1. The van der Waals surface area contributed by atoms with Gasteiger partial charge in [-0.25, -0.2) is 4.39 Å². The van der Waals surface area contributed by atoms with E-state index in [1.54, 1.807) is 13.0 Å². The Kier molecular flexibility index (Phi) is 2.89. The van der Waals surface area contributed by atoms with Crippen LogP contribution in [0.3, 0.4) is 0 Å². The lowest BCUT2D eigenvalue weighted by Gasteiger charge is -2.06. The van der Waals surface area contributed by atoms with Crippen molar-refractivity contribution in [2.75, 3.05) is 12.0 Å². The van der Waals surface area contributed by atoms with Gasteiger partial charge in [-0.1, -0.05) is 11.6 Å². The smallest absolute Gasteiger partial charge is 0.128 e. The topological polar surface area (TPSA) is 38.0 Å². The molecule has 0 aliphatic rings. The molecule has 1 aromatic rings. The van der Waals surface area contributed by atoms with Crippen LogP contribution in [-0.2, 0) is 0 Å². The van der Waals surface area contributed by atoms with Gasteiger partial charge >= 0.3 is 0 Å². The molecule has 0 spiro atoms. The number of halogens is 2. The Bertz CT molecular complexity index is 289. The Labute approximate surface area is 75.5 Å². The Morgan fingerprint density at radius 2 is 2.25 bits per heavy atom. The molecule has 0 aromatic heterocycles. The van der Waals surface area contributed by atoms with Crippen molar-refractivity contribution in [1.29, 1.82) is 0 Å². The molecule has 0 unspecified atom stereocenters. The lowest BCUT2D eigenvalue weighted by molar-refractivity contribution is 0.619. The number of benzene rings is 1. The van der Waals surface area contributed by atoms with Gasteiger partial charge in [0.15, 0.2) is 0 Å². The molecule has 0 fully saturated rings. The Morgan fingerprint density at radius 1 is 1.58 bits per heavy atom. The van der Waals surface area contributed by atoms with Crippen LogP contribution in [0.25, 0.3) is 0 Å². The van der Waals surface area contributed by atoms with E-state index >= 15 is 0 Å². The largest absolute Gasteiger partial charge is 0.371 e. The lowest BCUT2D eigenvalue weighted by atomic mass is 10.2. The number of hydrogen-bond donors (Lipinski definition) is 2. The molecular formula is C8H10ClFN2. The van der Waals surface area contributed by atoms with Gasteiger partial charge in [0.25, 0.3) is 0 Å². The molecule has 0 heterocycles. The molecule has 1 aromatic carbocycles. The highest BCUT2D eigenvalue weighted by atomic mass is 35.5. The van der Waals surface area contributed by atoms with E-state index in [1.165, 1.54) is 6.07 Å². The van der Waals surface area contributed by atoms with Gasteiger partial charge in [0.2, 0.25) is 0 Å². The molecule has 3 N–H and O–H groups in total. The van der Waals surface area contributed by atoms with Crippen molar-refractivity contribution >= 4 is 17.3 Å². The first-order chi connectivity index (χ1) is 5.65. The molecule has 66 valence electrons. The summed E-state index contributed by atoms with van der Waals surface area (Å²) in [5.41, 5.74) is 6.29. The molecule has 1 rings (SSSR count). The summed E-state index contributed by atoms with van der Waals surface area (Å²) in [7, 11) is 0. The van der Waals surface area contributed by atoms with Crippen LogP contribution in [-0.4, -0.2) is 6.67 Å². The summed E-state index contributed by atoms with van der Waals surface area (Å²) < 4.78 is 12.9. The van der Waals surface area contributed by atoms with Crippen LogP contribution in [0.4, 0.5) is 10.1 Å². The second-order valence-electron chi connectivity index (χ2n) is 2.46. The van der Waals surface area contributed by atoms with Crippen molar-refractivity contribution in [2.45, 2.75) is 6.92 Å². The van der Waals surface area contributed by atoms with E-state index in [0.717, 1.165) is 0 Å². The number of hydrogen-bond acceptors (Lipinski definition) is 2. The molecule has 0 saturated carbocycles. The van der Waals surface area contributed by atoms with E-state index in [-0.39, 0.29) is 12.5 Å². The summed E-state index contributed by atoms with van der Waals surface area (Å²) in [6.45, 7) is 1.90. The monoisotopic (exact) mass is 188 g/mol. The third-order valence-corrected chi connectivity index (χ3v) is 1.85. The van der Waals surface area contributed by atoms with Crippen LogP contribution >= 0.6 is 11.6 Å². The molecule has 0 radical (unpaired) electrons. The second-order valence-corrected chi connectivity index (χ2v) is 2.87. The van der Waals surface area contributed by atoms with E-state index < -0.39 is 0 Å². The minimum atomic E-state index is -0.282. The van der Waals surface area contributed by atoms with Crippen LogP contribution in [0.2, 0.25) is 5.02 Å². The molecule has 0 aliphatic carbocycles. The van der Waals surface area contributed by atoms with E-state index in [2.05, 4.69) is 5.32 Å². The van der Waals surface area contributed by atoms with Gasteiger partial charge < -0.3 is 11.1 Å². The van der Waals surface area contributed by atoms with Gasteiger partial charge in [-0.3, -0.25) is 0 Å². The van der Waals surface area contributed by atoms with Gasteiger partial charge in [-0.15, -0.1) is 0 Å². The fourth-order valence-corrected chi connectivity index (χ4v) is 1.18. The molecule has 0 atom stereocenters. The Balaban J connectivity index is 3.05. The average molecular weight is 189 g/mol. The van der Waals surface area contributed by atoms with Gasteiger partial charge in [-0.05, 0) is 24.6 Å². The lowest BCUT2D eigenvalue weighted by Crippen LogP contribution is -2.11. The SMILES string of the molecule is Cc1cc(Cl)c(NCN)cc1F. The molecular weight excluding hydrogens is 179 g/mol. The second kappa shape index (κ2) is 3.74. The Hall–Kier alpha value is -0.800. The highest BCUT2D eigenvalue weighted by Crippen LogP contribution is 2.24. The number of rotatable bonds is 2. The maximum Gasteiger partial charge on any atom is 0.128 e. The first-order valence-electron chi connectivity index (χ1n) is 3.54. The van der Waals surface area contributed by atoms with Crippen LogP contribution < -0.4 is 11.1 Å². The summed E-state index contributed by atoms with van der Waals surface area (Å²) in [6, 6.07) is 2.90. The summed E-state index contributed by atoms with van der Waals surface area (Å²) in [4.78, 5) is 0. The standard InChI is InChI=1S/C8H10ClFN2/c1-5-2-6(9)8(12-4-11)3-7(5)10/h2-3,12H,4,11H2,1H3. The summed E-state index contributed by atoms with van der Waals surface area (Å²) in [5, 5.41) is 3.24. The Morgan fingerprint density at radius 3 is 2.83 bits per heavy atom. The van der Waals surface area contributed by atoms with Crippen molar-refractivity contribution in [3.05, 3.63) is 28.5 Å². The van der Waals surface area contributed by atoms with E-state index in [0.29, 0.717) is 16.3 Å². The molecule has 0 bridgehead atoms. The number of nitrogens with two attached hydrogens (primary N) is 1. The zero-order chi connectivity index (χ0) is 9.14. The molecule has 0 saturated heterocycles. The minimum Gasteiger partial charge on any atom is -0.371 e. The molecule has 0 amide bonds. The predicted octanol–water partition coefficient (Wildman–Crippen LogP) is 2.12. The van der Waals surface area contributed by atoms with Crippen molar-refractivity contribution in [1.82, 2.24) is 0 Å². The first-order valence-corrected chi connectivity index (χ1v) is 3.92. The van der Waals surface area contributed by atoms with Crippen molar-refractivity contribution in [2.24, 2.45) is 5.73 Å². The third kappa shape index (κ3) is 1.87. The maximum absolute atomic E-state index is 12.9. The van der Waals surface area contributed by atoms with Crippen LogP contribution in [0, 0.1) is 12.7 Å². The van der Waals surface area contributed by atoms with Crippen LogP contribution in [0.15, 0.2) is 12.1 Å². The zero-order valence-corrected chi connectivity index (χ0v) is 7.45. The number of anilines is 1.